The molecule has 0 aliphatic heterocycles. The van der Waals surface area contributed by atoms with Crippen LogP contribution in [0, 0.1) is 22.7 Å². The Bertz CT molecular complexity index is 561. The van der Waals surface area contributed by atoms with Gasteiger partial charge in [-0.25, -0.2) is 0 Å². The summed E-state index contributed by atoms with van der Waals surface area (Å²) in [4.78, 5) is 11.0. The molecular formula is C13H10N2O3. The van der Waals surface area contributed by atoms with Gasteiger partial charge in [0.05, 0.1) is 7.11 Å². The maximum atomic E-state index is 11.0. The van der Waals surface area contributed by atoms with Crippen molar-refractivity contribution in [3.63, 3.8) is 0 Å². The molecule has 0 N–H and O–H groups in total. The zero-order valence-electron chi connectivity index (χ0n) is 9.93. The Balaban J connectivity index is 3.36. The minimum Gasteiger partial charge on any atom is -0.493 e. The third-order valence-electron chi connectivity index (χ3n) is 2.02. The molecule has 1 rings (SSSR count). The Kier molecular flexibility index (Phi) is 4.48. The molecule has 5 heteroatoms. The van der Waals surface area contributed by atoms with Crippen molar-refractivity contribution in [3.05, 3.63) is 29.3 Å². The highest BCUT2D eigenvalue weighted by molar-refractivity contribution is 5.75. The van der Waals surface area contributed by atoms with E-state index in [2.05, 4.69) is 0 Å². The molecule has 0 aliphatic rings. The second-order valence-electron chi connectivity index (χ2n) is 3.25. The van der Waals surface area contributed by atoms with Gasteiger partial charge in [0.2, 0.25) is 0 Å². The summed E-state index contributed by atoms with van der Waals surface area (Å²) in [5, 5.41) is 17.4. The number of nitrogens with zero attached hydrogens (tertiary/aromatic N) is 2. The minimum atomic E-state index is -0.510. The lowest BCUT2D eigenvalue weighted by atomic mass is 10.1. The highest BCUT2D eigenvalue weighted by atomic mass is 16.6. The van der Waals surface area contributed by atoms with Gasteiger partial charge in [-0.05, 0) is 12.1 Å². The van der Waals surface area contributed by atoms with Crippen LogP contribution in [-0.4, -0.2) is 13.1 Å². The molecule has 0 unspecified atom stereocenters. The summed E-state index contributed by atoms with van der Waals surface area (Å²) in [7, 11) is 1.44. The Hall–Kier alpha value is -2.79. The number of benzene rings is 1. The molecule has 0 saturated heterocycles. The lowest BCUT2D eigenvalue weighted by Gasteiger charge is -2.10. The Morgan fingerprint density at radius 1 is 1.33 bits per heavy atom. The summed E-state index contributed by atoms with van der Waals surface area (Å²) in [5.74, 6) is 0.0364. The molecule has 0 aromatic heterocycles. The first kappa shape index (κ1) is 13.3. The monoisotopic (exact) mass is 242 g/mol. The van der Waals surface area contributed by atoms with Crippen LogP contribution in [0.5, 0.6) is 11.5 Å². The van der Waals surface area contributed by atoms with E-state index in [0.717, 1.165) is 0 Å². The van der Waals surface area contributed by atoms with Crippen molar-refractivity contribution in [2.45, 2.75) is 6.92 Å². The molecule has 0 fully saturated rings. The Labute approximate surface area is 104 Å². The lowest BCUT2D eigenvalue weighted by Crippen LogP contribution is -2.04. The maximum Gasteiger partial charge on any atom is 0.308 e. The number of nitriles is 2. The maximum absolute atomic E-state index is 11.0. The van der Waals surface area contributed by atoms with E-state index < -0.39 is 5.97 Å². The number of hydrogen-bond acceptors (Lipinski definition) is 5. The molecule has 0 saturated carbocycles. The molecule has 0 atom stereocenters. The zero-order valence-corrected chi connectivity index (χ0v) is 9.93. The summed E-state index contributed by atoms with van der Waals surface area (Å²) in [6.45, 7) is 1.26. The predicted octanol–water partition coefficient (Wildman–Crippen LogP) is 2.05. The lowest BCUT2D eigenvalue weighted by molar-refractivity contribution is -0.132. The van der Waals surface area contributed by atoms with Crippen molar-refractivity contribution in [2.75, 3.05) is 7.11 Å². The molecule has 0 amide bonds. The number of carbonyl (C=O) groups is 1. The van der Waals surface area contributed by atoms with Crippen LogP contribution in [0.1, 0.15) is 12.5 Å². The zero-order chi connectivity index (χ0) is 13.5. The first-order valence-electron chi connectivity index (χ1n) is 4.99. The van der Waals surface area contributed by atoms with Crippen LogP contribution < -0.4 is 9.47 Å². The minimum absolute atomic E-state index is 0.0864. The van der Waals surface area contributed by atoms with E-state index in [-0.39, 0.29) is 11.3 Å². The fourth-order valence-corrected chi connectivity index (χ4v) is 1.31. The summed E-state index contributed by atoms with van der Waals surface area (Å²) in [6.07, 6.45) is 1.33. The SMILES string of the molecule is COc1cccc(C=C(C#N)C#N)c1OC(C)=O. The van der Waals surface area contributed by atoms with Gasteiger partial charge in [-0.3, -0.25) is 4.79 Å². The third kappa shape index (κ3) is 3.10. The number of carbonyl (C=O) groups excluding carboxylic acids is 1. The Morgan fingerprint density at radius 3 is 2.50 bits per heavy atom. The van der Waals surface area contributed by atoms with Crippen LogP contribution in [0.2, 0.25) is 0 Å². The normalized spacial score (nSPS) is 8.67. The second-order valence-corrected chi connectivity index (χ2v) is 3.25. The summed E-state index contributed by atoms with van der Waals surface area (Å²) in [5.41, 5.74) is 0.347. The van der Waals surface area contributed by atoms with E-state index >= 15 is 0 Å². The van der Waals surface area contributed by atoms with Gasteiger partial charge in [0.1, 0.15) is 17.7 Å². The van der Waals surface area contributed by atoms with Gasteiger partial charge in [0.25, 0.3) is 0 Å². The highest BCUT2D eigenvalue weighted by Crippen LogP contribution is 2.32. The van der Waals surface area contributed by atoms with Gasteiger partial charge < -0.3 is 9.47 Å². The molecule has 0 radical (unpaired) electrons. The van der Waals surface area contributed by atoms with Crippen molar-refractivity contribution < 1.29 is 14.3 Å². The first-order valence-corrected chi connectivity index (χ1v) is 4.99. The van der Waals surface area contributed by atoms with Crippen molar-refractivity contribution in [2.24, 2.45) is 0 Å². The standard InChI is InChI=1S/C13H10N2O3/c1-9(16)18-13-11(6-10(7-14)8-15)4-3-5-12(13)17-2/h3-6H,1-2H3. The largest absolute Gasteiger partial charge is 0.493 e. The smallest absolute Gasteiger partial charge is 0.308 e. The summed E-state index contributed by atoms with van der Waals surface area (Å²) >= 11 is 0. The van der Waals surface area contributed by atoms with Crippen molar-refractivity contribution in [3.8, 4) is 23.6 Å². The van der Waals surface area contributed by atoms with Crippen LogP contribution >= 0.6 is 0 Å². The van der Waals surface area contributed by atoms with E-state index in [4.69, 9.17) is 20.0 Å². The number of rotatable bonds is 3. The first-order chi connectivity index (χ1) is 8.62. The Morgan fingerprint density at radius 2 is 2.00 bits per heavy atom. The van der Waals surface area contributed by atoms with E-state index in [1.807, 2.05) is 0 Å². The molecule has 1 aromatic rings. The van der Waals surface area contributed by atoms with Gasteiger partial charge in [-0.15, -0.1) is 0 Å². The third-order valence-corrected chi connectivity index (χ3v) is 2.02. The molecular weight excluding hydrogens is 232 g/mol. The molecule has 0 aliphatic carbocycles. The average Bonchev–Trinajstić information content (AvgIpc) is 2.36. The van der Waals surface area contributed by atoms with E-state index in [1.54, 1.807) is 30.3 Å². The quantitative estimate of drug-likeness (QED) is 0.460. The number of allylic oxidation sites excluding steroid dienone is 1. The van der Waals surface area contributed by atoms with Crippen molar-refractivity contribution in [1.29, 1.82) is 10.5 Å². The van der Waals surface area contributed by atoms with Gasteiger partial charge in [0.15, 0.2) is 11.5 Å². The van der Waals surface area contributed by atoms with Crippen LogP contribution in [0.25, 0.3) is 6.08 Å². The molecule has 5 nitrogen and oxygen atoms in total. The summed E-state index contributed by atoms with van der Waals surface area (Å²) in [6, 6.07) is 8.38. The molecule has 0 spiro atoms. The van der Waals surface area contributed by atoms with Crippen molar-refractivity contribution in [1.82, 2.24) is 0 Å². The summed E-state index contributed by atoms with van der Waals surface area (Å²) < 4.78 is 10.1. The number of hydrogen-bond donors (Lipinski definition) is 0. The molecule has 1 aromatic carbocycles. The molecule has 0 heterocycles. The van der Waals surface area contributed by atoms with Crippen LogP contribution in [-0.2, 0) is 4.79 Å². The van der Waals surface area contributed by atoms with Gasteiger partial charge >= 0.3 is 5.97 Å². The second kappa shape index (κ2) is 6.07. The molecule has 18 heavy (non-hydrogen) atoms. The fraction of sp³-hybridized carbons (Fsp3) is 0.154. The van der Waals surface area contributed by atoms with Crippen LogP contribution in [0.4, 0.5) is 0 Å². The molecule has 90 valence electrons. The topological polar surface area (TPSA) is 83.1 Å². The average molecular weight is 242 g/mol. The van der Waals surface area contributed by atoms with Gasteiger partial charge in [-0.2, -0.15) is 10.5 Å². The van der Waals surface area contributed by atoms with E-state index in [0.29, 0.717) is 11.3 Å². The van der Waals surface area contributed by atoms with Gasteiger partial charge in [-0.1, -0.05) is 12.1 Å². The number of ether oxygens (including phenoxy) is 2. The fourth-order valence-electron chi connectivity index (χ4n) is 1.31. The molecule has 0 bridgehead atoms. The van der Waals surface area contributed by atoms with E-state index in [1.165, 1.54) is 20.1 Å². The van der Waals surface area contributed by atoms with Crippen LogP contribution in [0.15, 0.2) is 23.8 Å². The van der Waals surface area contributed by atoms with E-state index in [9.17, 15) is 4.79 Å². The predicted molar refractivity (Wildman–Crippen MR) is 63.5 cm³/mol. The van der Waals surface area contributed by atoms with Crippen LogP contribution in [0.3, 0.4) is 0 Å². The highest BCUT2D eigenvalue weighted by Gasteiger charge is 2.12. The number of para-hydroxylation sites is 1. The number of esters is 1. The van der Waals surface area contributed by atoms with Gasteiger partial charge in [0, 0.05) is 12.5 Å². The van der Waals surface area contributed by atoms with Crippen molar-refractivity contribution >= 4 is 12.0 Å². The number of methoxy groups -OCH3 is 1.